The van der Waals surface area contributed by atoms with Crippen LogP contribution in [0.15, 0.2) is 49.1 Å². The van der Waals surface area contributed by atoms with E-state index in [-0.39, 0.29) is 12.6 Å². The van der Waals surface area contributed by atoms with Gasteiger partial charge in [0.25, 0.3) is 0 Å². The number of anilines is 1. The van der Waals surface area contributed by atoms with E-state index in [9.17, 15) is 9.59 Å². The Morgan fingerprint density at radius 3 is 2.47 bits per heavy atom. The minimum absolute atomic E-state index is 0.152. The lowest BCUT2D eigenvalue weighted by Gasteiger charge is -2.24. The van der Waals surface area contributed by atoms with Crippen LogP contribution in [0.4, 0.5) is 10.5 Å². The maximum Gasteiger partial charge on any atom is 0.329 e. The van der Waals surface area contributed by atoms with Crippen molar-refractivity contribution in [1.29, 1.82) is 0 Å². The normalized spacial score (nSPS) is 13.7. The topological polar surface area (TPSA) is 67.7 Å². The van der Waals surface area contributed by atoms with Crippen LogP contribution in [0.1, 0.15) is 30.9 Å². The smallest absolute Gasteiger partial charge is 0.329 e. The van der Waals surface area contributed by atoms with Crippen molar-refractivity contribution in [2.24, 2.45) is 0 Å². The highest BCUT2D eigenvalue weighted by molar-refractivity contribution is 6.40. The standard InChI is InChI=1S/C15H16Cl3N3O2.C11H11NO/c1-2-4-20(15(22)21-5-3-19-10-21)6-7-23-14-12(17)8-11(16)9-13(14)18;13-10-5-4-8-2-1-3-9-6-7-12(10)11(8)9/h3,5,8-10H,2,4,6-7H2,1H3;1-3H,4-7H2. The molecule has 0 atom stereocenters. The third kappa shape index (κ3) is 5.97. The zero-order valence-corrected chi connectivity index (χ0v) is 22.2. The number of aromatic nitrogens is 2. The quantitative estimate of drug-likeness (QED) is 0.371. The van der Waals surface area contributed by atoms with Gasteiger partial charge in [-0.25, -0.2) is 9.78 Å². The number of aryl methyl sites for hydroxylation is 1. The van der Waals surface area contributed by atoms with E-state index in [0.29, 0.717) is 46.2 Å². The number of rotatable bonds is 6. The van der Waals surface area contributed by atoms with Crippen molar-refractivity contribution in [3.05, 3.63) is 75.2 Å². The maximum absolute atomic E-state index is 12.3. The Morgan fingerprint density at radius 1 is 1.08 bits per heavy atom. The average molecular weight is 550 g/mol. The molecule has 0 saturated heterocycles. The fraction of sp³-hybridized carbons (Fsp3) is 0.346. The van der Waals surface area contributed by atoms with E-state index in [4.69, 9.17) is 39.5 Å². The second-order valence-corrected chi connectivity index (χ2v) is 9.76. The van der Waals surface area contributed by atoms with Crippen LogP contribution in [-0.4, -0.2) is 52.6 Å². The van der Waals surface area contributed by atoms with Gasteiger partial charge in [0.2, 0.25) is 5.91 Å². The van der Waals surface area contributed by atoms with Crippen molar-refractivity contribution in [2.45, 2.75) is 32.6 Å². The molecule has 0 bridgehead atoms. The number of imidazole rings is 1. The molecule has 0 unspecified atom stereocenters. The number of para-hydroxylation sites is 1. The molecule has 0 N–H and O–H groups in total. The second-order valence-electron chi connectivity index (χ2n) is 8.51. The van der Waals surface area contributed by atoms with Gasteiger partial charge in [-0.2, -0.15) is 0 Å². The summed E-state index contributed by atoms with van der Waals surface area (Å²) in [5, 5.41) is 1.12. The molecule has 3 aromatic rings. The molecule has 0 fully saturated rings. The third-order valence-electron chi connectivity index (χ3n) is 6.05. The molecule has 10 heteroatoms. The largest absolute Gasteiger partial charge is 0.489 e. The Balaban J connectivity index is 0.000000195. The summed E-state index contributed by atoms with van der Waals surface area (Å²) in [5.41, 5.74) is 3.93. The fourth-order valence-corrected chi connectivity index (χ4v) is 5.32. The number of nitrogens with zero attached hydrogens (tertiary/aromatic N) is 4. The highest BCUT2D eigenvalue weighted by Crippen LogP contribution is 2.36. The average Bonchev–Trinajstić information content (AvgIpc) is 3.54. The summed E-state index contributed by atoms with van der Waals surface area (Å²) in [6.45, 7) is 4.18. The van der Waals surface area contributed by atoms with Gasteiger partial charge in [-0.15, -0.1) is 0 Å². The molecular weight excluding hydrogens is 523 g/mol. The van der Waals surface area contributed by atoms with E-state index in [1.807, 2.05) is 11.8 Å². The van der Waals surface area contributed by atoms with Gasteiger partial charge < -0.3 is 14.5 Å². The first-order valence-corrected chi connectivity index (χ1v) is 13.0. The molecule has 3 heterocycles. The summed E-state index contributed by atoms with van der Waals surface area (Å²) in [6.07, 6.45) is 8.14. The van der Waals surface area contributed by atoms with E-state index >= 15 is 0 Å². The maximum atomic E-state index is 12.3. The van der Waals surface area contributed by atoms with Crippen molar-refractivity contribution in [2.75, 3.05) is 31.1 Å². The Kier molecular flexibility index (Phi) is 8.77. The molecule has 2 aliphatic rings. The van der Waals surface area contributed by atoms with Crippen LogP contribution in [0, 0.1) is 0 Å². The van der Waals surface area contributed by atoms with Gasteiger partial charge in [0.15, 0.2) is 5.75 Å². The minimum Gasteiger partial charge on any atom is -0.489 e. The molecule has 1 aromatic heterocycles. The van der Waals surface area contributed by atoms with Crippen molar-refractivity contribution >= 4 is 52.4 Å². The van der Waals surface area contributed by atoms with E-state index in [1.54, 1.807) is 29.4 Å². The summed E-state index contributed by atoms with van der Waals surface area (Å²) in [4.78, 5) is 31.4. The number of ether oxygens (including phenoxy) is 1. The lowest BCUT2D eigenvalue weighted by Crippen LogP contribution is -2.37. The molecule has 2 amide bonds. The Labute approximate surface area is 225 Å². The van der Waals surface area contributed by atoms with Crippen LogP contribution >= 0.6 is 34.8 Å². The van der Waals surface area contributed by atoms with Gasteiger partial charge in [0.05, 0.1) is 22.3 Å². The van der Waals surface area contributed by atoms with Crippen molar-refractivity contribution in [3.8, 4) is 5.75 Å². The van der Waals surface area contributed by atoms with Crippen LogP contribution in [-0.2, 0) is 17.6 Å². The van der Waals surface area contributed by atoms with Crippen molar-refractivity contribution in [1.82, 2.24) is 14.5 Å². The predicted molar refractivity (Wildman–Crippen MR) is 143 cm³/mol. The monoisotopic (exact) mass is 548 g/mol. The number of hydrogen-bond donors (Lipinski definition) is 0. The first-order chi connectivity index (χ1) is 17.4. The summed E-state index contributed by atoms with van der Waals surface area (Å²) in [5.74, 6) is 0.668. The van der Waals surface area contributed by atoms with E-state index in [2.05, 4.69) is 23.2 Å². The number of carbonyl (C=O) groups is 2. The van der Waals surface area contributed by atoms with E-state index in [1.165, 1.54) is 27.7 Å². The zero-order chi connectivity index (χ0) is 25.7. The molecular formula is C26H27Cl3N4O3. The van der Waals surface area contributed by atoms with Gasteiger partial charge in [-0.05, 0) is 42.5 Å². The van der Waals surface area contributed by atoms with Crippen LogP contribution in [0.25, 0.3) is 0 Å². The van der Waals surface area contributed by atoms with Crippen LogP contribution < -0.4 is 9.64 Å². The zero-order valence-electron chi connectivity index (χ0n) is 19.9. The SMILES string of the molecule is CCCN(CCOc1c(Cl)cc(Cl)cc1Cl)C(=O)n1ccnc1.O=C1CCc2cccc3c2N1CC3. The highest BCUT2D eigenvalue weighted by Gasteiger charge is 2.30. The van der Waals surface area contributed by atoms with Gasteiger partial charge >= 0.3 is 6.03 Å². The lowest BCUT2D eigenvalue weighted by molar-refractivity contribution is -0.118. The number of hydrogen-bond acceptors (Lipinski definition) is 4. The molecule has 0 aliphatic carbocycles. The van der Waals surface area contributed by atoms with E-state index in [0.717, 1.165) is 25.8 Å². The third-order valence-corrected chi connectivity index (χ3v) is 6.83. The van der Waals surface area contributed by atoms with Gasteiger partial charge in [0.1, 0.15) is 12.9 Å². The van der Waals surface area contributed by atoms with Crippen LogP contribution in [0.2, 0.25) is 15.1 Å². The summed E-state index contributed by atoms with van der Waals surface area (Å²) in [7, 11) is 0. The molecule has 0 saturated carbocycles. The van der Waals surface area contributed by atoms with Gasteiger partial charge in [-0.1, -0.05) is 59.9 Å². The number of carbonyl (C=O) groups excluding carboxylic acids is 2. The molecule has 36 heavy (non-hydrogen) atoms. The number of halogens is 3. The highest BCUT2D eigenvalue weighted by atomic mass is 35.5. The van der Waals surface area contributed by atoms with Gasteiger partial charge in [0, 0.05) is 36.9 Å². The summed E-state index contributed by atoms with van der Waals surface area (Å²) >= 11 is 18.0. The number of benzene rings is 2. The Hall–Kier alpha value is -2.74. The molecule has 190 valence electrons. The second kappa shape index (κ2) is 12.0. The van der Waals surface area contributed by atoms with Crippen molar-refractivity contribution in [3.63, 3.8) is 0 Å². The molecule has 5 rings (SSSR count). The predicted octanol–water partition coefficient (Wildman–Crippen LogP) is 6.12. The molecule has 2 aromatic carbocycles. The first kappa shape index (κ1) is 26.3. The summed E-state index contributed by atoms with van der Waals surface area (Å²) < 4.78 is 7.05. The van der Waals surface area contributed by atoms with Crippen LogP contribution in [0.3, 0.4) is 0 Å². The molecule has 7 nitrogen and oxygen atoms in total. The van der Waals surface area contributed by atoms with Crippen LogP contribution in [0.5, 0.6) is 5.75 Å². The Morgan fingerprint density at radius 2 is 1.81 bits per heavy atom. The fourth-order valence-electron chi connectivity index (χ4n) is 4.40. The molecule has 0 radical (unpaired) electrons. The lowest BCUT2D eigenvalue weighted by atomic mass is 10.00. The van der Waals surface area contributed by atoms with Gasteiger partial charge in [-0.3, -0.25) is 9.36 Å². The number of amides is 2. The molecule has 0 spiro atoms. The Bertz CT molecular complexity index is 1210. The molecule has 2 aliphatic heterocycles. The van der Waals surface area contributed by atoms with Crippen molar-refractivity contribution < 1.29 is 14.3 Å². The summed E-state index contributed by atoms with van der Waals surface area (Å²) in [6, 6.07) is 9.35. The first-order valence-electron chi connectivity index (χ1n) is 11.8. The van der Waals surface area contributed by atoms with E-state index < -0.39 is 0 Å². The minimum atomic E-state index is -0.152.